The van der Waals surface area contributed by atoms with Gasteiger partial charge in [-0.1, -0.05) is 23.9 Å². The minimum Gasteiger partial charge on any atom is -0.307 e. The van der Waals surface area contributed by atoms with Gasteiger partial charge in [0, 0.05) is 40.5 Å². The van der Waals surface area contributed by atoms with Gasteiger partial charge < -0.3 is 5.32 Å². The Morgan fingerprint density at radius 2 is 1.59 bits per heavy atom. The number of non-ortho nitro benzene ring substituents is 1. The van der Waals surface area contributed by atoms with Crippen LogP contribution in [0.3, 0.4) is 0 Å². The molecule has 0 fully saturated rings. The third-order valence-electron chi connectivity index (χ3n) is 4.17. The predicted molar refractivity (Wildman–Crippen MR) is 120 cm³/mol. The number of thioether (sulfide) groups is 1. The first kappa shape index (κ1) is 22.7. The van der Waals surface area contributed by atoms with Crippen LogP contribution >= 0.6 is 11.8 Å². The summed E-state index contributed by atoms with van der Waals surface area (Å²) in [5.41, 5.74) is 7.99. The van der Waals surface area contributed by atoms with Gasteiger partial charge in [-0.25, -0.2) is 20.2 Å². The maximum atomic E-state index is 12.2. The summed E-state index contributed by atoms with van der Waals surface area (Å²) < 4.78 is 0. The molecule has 3 amide bonds. The predicted octanol–water partition coefficient (Wildman–Crippen LogP) is 3.76. The molecule has 0 aliphatic rings. The molecule has 0 bridgehead atoms. The number of benzene rings is 2. The molecule has 3 N–H and O–H groups in total. The van der Waals surface area contributed by atoms with Crippen LogP contribution in [0.15, 0.2) is 59.8 Å². The topological polar surface area (TPSA) is 139 Å². The zero-order valence-electron chi connectivity index (χ0n) is 17.3. The summed E-state index contributed by atoms with van der Waals surface area (Å²) in [5, 5.41) is 13.8. The van der Waals surface area contributed by atoms with E-state index in [4.69, 9.17) is 0 Å². The van der Waals surface area contributed by atoms with Crippen LogP contribution < -0.4 is 16.2 Å². The van der Waals surface area contributed by atoms with E-state index in [9.17, 15) is 19.7 Å². The molecule has 3 aromatic rings. The second kappa shape index (κ2) is 10.4. The minimum absolute atomic E-state index is 0.0902. The molecule has 2 aromatic carbocycles. The van der Waals surface area contributed by atoms with E-state index in [1.54, 1.807) is 12.1 Å². The Morgan fingerprint density at radius 3 is 2.19 bits per heavy atom. The molecule has 11 heteroatoms. The number of hydrogen-bond donors (Lipinski definition) is 3. The number of hydrogen-bond acceptors (Lipinski definition) is 7. The monoisotopic (exact) mass is 452 g/mol. The van der Waals surface area contributed by atoms with E-state index in [1.807, 2.05) is 32.0 Å². The molecule has 0 spiro atoms. The molecule has 164 valence electrons. The molecule has 0 unspecified atom stereocenters. The first-order valence-electron chi connectivity index (χ1n) is 9.46. The van der Waals surface area contributed by atoms with Gasteiger partial charge in [-0.15, -0.1) is 0 Å². The lowest BCUT2D eigenvalue weighted by Gasteiger charge is -2.09. The number of rotatable bonds is 6. The molecule has 0 radical (unpaired) electrons. The fourth-order valence-corrected chi connectivity index (χ4v) is 3.58. The van der Waals surface area contributed by atoms with E-state index in [0.29, 0.717) is 22.2 Å². The molecule has 1 heterocycles. The second-order valence-corrected chi connectivity index (χ2v) is 7.70. The summed E-state index contributed by atoms with van der Waals surface area (Å²) in [6.45, 7) is 3.85. The number of anilines is 1. The van der Waals surface area contributed by atoms with Crippen molar-refractivity contribution in [3.05, 3.63) is 87.2 Å². The maximum Gasteiger partial charge on any atom is 0.337 e. The number of aromatic nitrogens is 2. The fourth-order valence-electron chi connectivity index (χ4n) is 2.67. The maximum absolute atomic E-state index is 12.2. The van der Waals surface area contributed by atoms with Gasteiger partial charge in [-0.05, 0) is 49.7 Å². The third-order valence-corrected chi connectivity index (χ3v) is 5.09. The Balaban J connectivity index is 1.47. The first-order chi connectivity index (χ1) is 15.3. The van der Waals surface area contributed by atoms with E-state index >= 15 is 0 Å². The van der Waals surface area contributed by atoms with E-state index in [2.05, 4.69) is 26.1 Å². The average molecular weight is 452 g/mol. The molecule has 3 rings (SSSR count). The van der Waals surface area contributed by atoms with Gasteiger partial charge in [-0.3, -0.25) is 20.3 Å². The zero-order valence-corrected chi connectivity index (χ0v) is 18.1. The second-order valence-electron chi connectivity index (χ2n) is 6.76. The molecule has 1 aromatic heterocycles. The highest BCUT2D eigenvalue weighted by molar-refractivity contribution is 7.98. The van der Waals surface area contributed by atoms with Gasteiger partial charge in [-0.2, -0.15) is 0 Å². The number of amides is 3. The number of hydrazine groups is 1. The number of carbonyl (C=O) groups is 2. The summed E-state index contributed by atoms with van der Waals surface area (Å²) >= 11 is 1.51. The number of nitro groups is 1. The number of nitro benzene ring substituents is 1. The molecular weight excluding hydrogens is 432 g/mol. The van der Waals surface area contributed by atoms with Crippen LogP contribution in [0.25, 0.3) is 0 Å². The lowest BCUT2D eigenvalue weighted by molar-refractivity contribution is -0.384. The van der Waals surface area contributed by atoms with Gasteiger partial charge in [0.25, 0.3) is 11.6 Å². The highest BCUT2D eigenvalue weighted by atomic mass is 32.2. The smallest absolute Gasteiger partial charge is 0.307 e. The number of urea groups is 1. The highest BCUT2D eigenvalue weighted by Gasteiger charge is 2.09. The molecule has 0 aliphatic heterocycles. The van der Waals surface area contributed by atoms with E-state index in [1.165, 1.54) is 36.0 Å². The van der Waals surface area contributed by atoms with Gasteiger partial charge in [0.05, 0.1) is 4.92 Å². The van der Waals surface area contributed by atoms with Crippen LogP contribution in [0.4, 0.5) is 16.2 Å². The standard InChI is InChI=1S/C21H20N6O4S/c1-13-11-14(2)23-21(22-13)32-12-15-3-5-16(6-4-15)19(28)25-26-20(29)24-17-7-9-18(10-8-17)27(30)31/h3-11H,12H2,1-2H3,(H,25,28)(H2,24,26,29). The van der Waals surface area contributed by atoms with Crippen molar-refractivity contribution in [3.8, 4) is 0 Å². The first-order valence-corrected chi connectivity index (χ1v) is 10.4. The van der Waals surface area contributed by atoms with Gasteiger partial charge in [0.2, 0.25) is 0 Å². The highest BCUT2D eigenvalue weighted by Crippen LogP contribution is 2.20. The Hall–Kier alpha value is -3.99. The zero-order chi connectivity index (χ0) is 23.1. The van der Waals surface area contributed by atoms with Gasteiger partial charge in [0.15, 0.2) is 5.16 Å². The van der Waals surface area contributed by atoms with Crippen molar-refractivity contribution in [1.29, 1.82) is 0 Å². The number of aryl methyl sites for hydroxylation is 2. The Morgan fingerprint density at radius 1 is 0.969 bits per heavy atom. The summed E-state index contributed by atoms with van der Waals surface area (Å²) in [7, 11) is 0. The summed E-state index contributed by atoms with van der Waals surface area (Å²) in [5.74, 6) is 0.168. The molecule has 10 nitrogen and oxygen atoms in total. The van der Waals surface area contributed by atoms with Crippen molar-refractivity contribution in [2.75, 3.05) is 5.32 Å². The van der Waals surface area contributed by atoms with E-state index in [-0.39, 0.29) is 5.69 Å². The van der Waals surface area contributed by atoms with Crippen molar-refractivity contribution in [1.82, 2.24) is 20.8 Å². The van der Waals surface area contributed by atoms with E-state index < -0.39 is 16.9 Å². The van der Waals surface area contributed by atoms with Crippen molar-refractivity contribution >= 4 is 35.1 Å². The Kier molecular flexibility index (Phi) is 7.34. The third kappa shape index (κ3) is 6.51. The lowest BCUT2D eigenvalue weighted by Crippen LogP contribution is -2.43. The number of nitrogens with one attached hydrogen (secondary N) is 3. The SMILES string of the molecule is Cc1cc(C)nc(SCc2ccc(C(=O)NNC(=O)Nc3ccc([N+](=O)[O-])cc3)cc2)n1. The number of nitrogens with zero attached hydrogens (tertiary/aromatic N) is 3. The summed E-state index contributed by atoms with van der Waals surface area (Å²) in [6.07, 6.45) is 0. The lowest BCUT2D eigenvalue weighted by atomic mass is 10.1. The van der Waals surface area contributed by atoms with Crippen LogP contribution in [-0.4, -0.2) is 26.8 Å². The molecule has 0 saturated heterocycles. The van der Waals surface area contributed by atoms with Crippen molar-refractivity contribution < 1.29 is 14.5 Å². The van der Waals surface area contributed by atoms with Gasteiger partial charge in [0.1, 0.15) is 0 Å². The van der Waals surface area contributed by atoms with Crippen LogP contribution in [0.2, 0.25) is 0 Å². The molecule has 0 aliphatic carbocycles. The van der Waals surface area contributed by atoms with Crippen LogP contribution in [-0.2, 0) is 5.75 Å². The van der Waals surface area contributed by atoms with Gasteiger partial charge >= 0.3 is 6.03 Å². The van der Waals surface area contributed by atoms with Crippen molar-refractivity contribution in [2.24, 2.45) is 0 Å². The summed E-state index contributed by atoms with van der Waals surface area (Å²) in [4.78, 5) is 43.0. The Labute approximate surface area is 188 Å². The average Bonchev–Trinajstić information content (AvgIpc) is 2.76. The van der Waals surface area contributed by atoms with Crippen LogP contribution in [0.5, 0.6) is 0 Å². The Bertz CT molecular complexity index is 1120. The normalized spacial score (nSPS) is 10.3. The minimum atomic E-state index is -0.686. The number of carbonyl (C=O) groups excluding carboxylic acids is 2. The van der Waals surface area contributed by atoms with Crippen molar-refractivity contribution in [2.45, 2.75) is 24.8 Å². The molecular formula is C21H20N6O4S. The molecule has 0 atom stereocenters. The van der Waals surface area contributed by atoms with E-state index in [0.717, 1.165) is 17.0 Å². The van der Waals surface area contributed by atoms with Crippen LogP contribution in [0, 0.1) is 24.0 Å². The largest absolute Gasteiger partial charge is 0.337 e. The molecule has 32 heavy (non-hydrogen) atoms. The van der Waals surface area contributed by atoms with Crippen LogP contribution in [0.1, 0.15) is 27.3 Å². The quantitative estimate of drug-likeness (QED) is 0.224. The van der Waals surface area contributed by atoms with Crippen molar-refractivity contribution in [3.63, 3.8) is 0 Å². The fraction of sp³-hybridized carbons (Fsp3) is 0.143. The molecule has 0 saturated carbocycles. The summed E-state index contributed by atoms with van der Waals surface area (Å²) in [6, 6.07) is 13.5.